The number of aryl methyl sites for hydroxylation is 4. The average molecular weight is 519 g/mol. The van der Waals surface area contributed by atoms with Crippen molar-refractivity contribution in [1.29, 1.82) is 5.26 Å². The van der Waals surface area contributed by atoms with Crippen molar-refractivity contribution in [1.82, 2.24) is 9.46 Å². The number of hydrogen-bond donors (Lipinski definition) is 1. The molecule has 192 valence electrons. The predicted octanol–water partition coefficient (Wildman–Crippen LogP) is 4.99. The molecule has 0 aliphatic carbocycles. The lowest BCUT2D eigenvalue weighted by Gasteiger charge is -2.31. The molecule has 0 spiro atoms. The van der Waals surface area contributed by atoms with Gasteiger partial charge in [0.05, 0.1) is 17.6 Å². The van der Waals surface area contributed by atoms with Crippen LogP contribution in [0.3, 0.4) is 0 Å². The van der Waals surface area contributed by atoms with E-state index in [0.717, 1.165) is 22.3 Å². The van der Waals surface area contributed by atoms with Crippen LogP contribution in [0.25, 0.3) is 12.2 Å². The van der Waals surface area contributed by atoms with E-state index in [4.69, 9.17) is 9.78 Å². The molecule has 1 aliphatic rings. The number of carbonyl (C=O) groups is 1. The normalized spacial score (nSPS) is 16.6. The van der Waals surface area contributed by atoms with E-state index in [1.54, 1.807) is 37.3 Å². The highest BCUT2D eigenvalue weighted by Crippen LogP contribution is 2.30. The number of nitrogens with one attached hydrogen (secondary N) is 1. The standard InChI is InChI=1S/C28H30N4O4S/c1-18-14-19(2)25(20(3)15-18)11-12-26-27(21(4)31-36-26)37(34,35)32-13-5-6-23(17-32)28(33)30-24-9-7-22(16-29)8-10-24/h7-12,14-15,23H,5-6,13,17H2,1-4H3,(H,30,33)/b12-11+. The SMILES string of the molecule is Cc1cc(C)c(/C=C/c2onc(C)c2S(=O)(=O)N2CCCC(C(=O)Nc3ccc(C#N)cc3)C2)c(C)c1. The monoisotopic (exact) mass is 518 g/mol. The maximum atomic E-state index is 13.7. The first-order valence-electron chi connectivity index (χ1n) is 12.1. The number of hydrogen-bond acceptors (Lipinski definition) is 6. The predicted molar refractivity (Wildman–Crippen MR) is 142 cm³/mol. The number of benzene rings is 2. The Kier molecular flexibility index (Phi) is 7.62. The van der Waals surface area contributed by atoms with Gasteiger partial charge in [-0.15, -0.1) is 0 Å². The molecule has 1 saturated heterocycles. The van der Waals surface area contributed by atoms with Crippen LogP contribution in [-0.2, 0) is 14.8 Å². The summed E-state index contributed by atoms with van der Waals surface area (Å²) in [6, 6.07) is 12.7. The molecule has 2 heterocycles. The van der Waals surface area contributed by atoms with Gasteiger partial charge >= 0.3 is 0 Å². The van der Waals surface area contributed by atoms with Crippen LogP contribution in [0.5, 0.6) is 0 Å². The van der Waals surface area contributed by atoms with Gasteiger partial charge in [0.2, 0.25) is 15.9 Å². The lowest BCUT2D eigenvalue weighted by molar-refractivity contribution is -0.120. The summed E-state index contributed by atoms with van der Waals surface area (Å²) in [6.45, 7) is 8.05. The molecule has 37 heavy (non-hydrogen) atoms. The molecule has 1 aromatic heterocycles. The first-order chi connectivity index (χ1) is 17.6. The Bertz CT molecular complexity index is 1470. The number of piperidine rings is 1. The van der Waals surface area contributed by atoms with Gasteiger partial charge in [-0.25, -0.2) is 8.42 Å². The molecule has 1 amide bonds. The number of nitrogens with zero attached hydrogens (tertiary/aromatic N) is 3. The van der Waals surface area contributed by atoms with Crippen LogP contribution in [0.15, 0.2) is 45.8 Å². The summed E-state index contributed by atoms with van der Waals surface area (Å²) in [5.41, 5.74) is 5.67. The molecule has 3 aromatic rings. The zero-order valence-corrected chi connectivity index (χ0v) is 22.2. The molecule has 1 aliphatic heterocycles. The van der Waals surface area contributed by atoms with E-state index in [9.17, 15) is 13.2 Å². The van der Waals surface area contributed by atoms with E-state index in [0.29, 0.717) is 30.6 Å². The van der Waals surface area contributed by atoms with E-state index in [1.165, 1.54) is 4.31 Å². The molecular formula is C28H30N4O4S. The fourth-order valence-electron chi connectivity index (χ4n) is 4.79. The molecule has 1 N–H and O–H groups in total. The molecule has 1 fully saturated rings. The van der Waals surface area contributed by atoms with Gasteiger partial charge in [-0.1, -0.05) is 28.9 Å². The largest absolute Gasteiger partial charge is 0.355 e. The molecule has 8 nitrogen and oxygen atoms in total. The van der Waals surface area contributed by atoms with Crippen molar-refractivity contribution in [2.75, 3.05) is 18.4 Å². The van der Waals surface area contributed by atoms with Crippen molar-refractivity contribution < 1.29 is 17.7 Å². The second kappa shape index (κ2) is 10.7. The Hall–Kier alpha value is -3.74. The highest BCUT2D eigenvalue weighted by molar-refractivity contribution is 7.89. The summed E-state index contributed by atoms with van der Waals surface area (Å²) >= 11 is 0. The van der Waals surface area contributed by atoms with Crippen molar-refractivity contribution in [3.8, 4) is 6.07 Å². The van der Waals surface area contributed by atoms with Crippen molar-refractivity contribution in [2.24, 2.45) is 5.92 Å². The fraction of sp³-hybridized carbons (Fsp3) is 0.321. The third-order valence-electron chi connectivity index (χ3n) is 6.61. The molecule has 0 saturated carbocycles. The van der Waals surface area contributed by atoms with Crippen molar-refractivity contribution in [2.45, 2.75) is 45.4 Å². The lowest BCUT2D eigenvalue weighted by atomic mass is 9.98. The highest BCUT2D eigenvalue weighted by atomic mass is 32.2. The Balaban J connectivity index is 1.55. The van der Waals surface area contributed by atoms with Gasteiger partial charge in [-0.3, -0.25) is 4.79 Å². The Labute approximate surface area is 217 Å². The number of sulfonamides is 1. The maximum absolute atomic E-state index is 13.7. The van der Waals surface area contributed by atoms with Crippen molar-refractivity contribution in [3.63, 3.8) is 0 Å². The smallest absolute Gasteiger partial charge is 0.248 e. The van der Waals surface area contributed by atoms with Gasteiger partial charge in [0, 0.05) is 18.8 Å². The zero-order chi connectivity index (χ0) is 26.7. The second-order valence-corrected chi connectivity index (χ2v) is 11.4. The van der Waals surface area contributed by atoms with Crippen LogP contribution >= 0.6 is 0 Å². The van der Waals surface area contributed by atoms with Crippen LogP contribution < -0.4 is 5.32 Å². The zero-order valence-electron chi connectivity index (χ0n) is 21.4. The minimum atomic E-state index is -3.95. The molecule has 2 aromatic carbocycles. The molecule has 0 bridgehead atoms. The topological polar surface area (TPSA) is 116 Å². The van der Waals surface area contributed by atoms with E-state index in [2.05, 4.69) is 22.6 Å². The Morgan fingerprint density at radius 3 is 2.46 bits per heavy atom. The minimum Gasteiger partial charge on any atom is -0.355 e. The summed E-state index contributed by atoms with van der Waals surface area (Å²) in [7, 11) is -3.95. The van der Waals surface area contributed by atoms with E-state index < -0.39 is 15.9 Å². The second-order valence-electron chi connectivity index (χ2n) is 9.49. The van der Waals surface area contributed by atoms with E-state index in [-0.39, 0.29) is 28.8 Å². The van der Waals surface area contributed by atoms with Gasteiger partial charge in [-0.05, 0) is 87.6 Å². The quantitative estimate of drug-likeness (QED) is 0.491. The summed E-state index contributed by atoms with van der Waals surface area (Å²) < 4.78 is 34.2. The Morgan fingerprint density at radius 1 is 1.14 bits per heavy atom. The molecule has 1 unspecified atom stereocenters. The summed E-state index contributed by atoms with van der Waals surface area (Å²) in [4.78, 5) is 12.9. The third-order valence-corrected chi connectivity index (χ3v) is 8.63. The van der Waals surface area contributed by atoms with Crippen LogP contribution in [0.4, 0.5) is 5.69 Å². The number of nitriles is 1. The van der Waals surface area contributed by atoms with Gasteiger partial charge in [0.1, 0.15) is 5.69 Å². The molecule has 0 radical (unpaired) electrons. The molecule has 4 rings (SSSR count). The van der Waals surface area contributed by atoms with E-state index >= 15 is 0 Å². The number of amides is 1. The number of rotatable bonds is 6. The third kappa shape index (κ3) is 5.66. The van der Waals surface area contributed by atoms with Gasteiger partial charge < -0.3 is 9.84 Å². The first kappa shape index (κ1) is 26.3. The summed E-state index contributed by atoms with van der Waals surface area (Å²) in [5.74, 6) is -0.589. The number of aromatic nitrogens is 1. The van der Waals surface area contributed by atoms with Crippen LogP contribution in [0.1, 0.15) is 52.1 Å². The van der Waals surface area contributed by atoms with E-state index in [1.807, 2.05) is 32.9 Å². The highest BCUT2D eigenvalue weighted by Gasteiger charge is 2.37. The maximum Gasteiger partial charge on any atom is 0.248 e. The van der Waals surface area contributed by atoms with Crippen molar-refractivity contribution >= 4 is 33.8 Å². The molecule has 1 atom stereocenters. The van der Waals surface area contributed by atoms with Crippen LogP contribution in [0, 0.1) is 44.9 Å². The minimum absolute atomic E-state index is 0.0271. The Morgan fingerprint density at radius 2 is 1.81 bits per heavy atom. The fourth-order valence-corrected chi connectivity index (χ4v) is 6.56. The number of carbonyl (C=O) groups excluding carboxylic acids is 1. The summed E-state index contributed by atoms with van der Waals surface area (Å²) in [6.07, 6.45) is 4.64. The molecule has 9 heteroatoms. The van der Waals surface area contributed by atoms with Crippen LogP contribution in [0.2, 0.25) is 0 Å². The van der Waals surface area contributed by atoms with Gasteiger partial charge in [0.25, 0.3) is 0 Å². The van der Waals surface area contributed by atoms with Crippen LogP contribution in [-0.4, -0.2) is 36.9 Å². The molecular weight excluding hydrogens is 488 g/mol. The lowest BCUT2D eigenvalue weighted by Crippen LogP contribution is -2.43. The summed E-state index contributed by atoms with van der Waals surface area (Å²) in [5, 5.41) is 15.7. The number of anilines is 1. The average Bonchev–Trinajstić information content (AvgIpc) is 3.25. The van der Waals surface area contributed by atoms with Gasteiger partial charge in [0.15, 0.2) is 10.7 Å². The van der Waals surface area contributed by atoms with Crippen molar-refractivity contribution in [3.05, 3.63) is 75.7 Å². The van der Waals surface area contributed by atoms with Gasteiger partial charge in [-0.2, -0.15) is 9.57 Å². The first-order valence-corrected chi connectivity index (χ1v) is 13.6.